The maximum atomic E-state index is 10.8. The molecule has 12 heavy (non-hydrogen) atoms. The Morgan fingerprint density at radius 3 is 2.50 bits per heavy atom. The van der Waals surface area contributed by atoms with Gasteiger partial charge in [-0.3, -0.25) is 4.79 Å². The lowest BCUT2D eigenvalue weighted by atomic mass is 10.1. The van der Waals surface area contributed by atoms with Crippen LogP contribution in [0.5, 0.6) is 0 Å². The van der Waals surface area contributed by atoms with Crippen molar-refractivity contribution >= 4 is 5.91 Å². The van der Waals surface area contributed by atoms with Gasteiger partial charge >= 0.3 is 0 Å². The molecule has 0 heterocycles. The van der Waals surface area contributed by atoms with E-state index in [1.54, 1.807) is 0 Å². The molecule has 1 aliphatic carbocycles. The molecule has 0 spiro atoms. The van der Waals surface area contributed by atoms with Gasteiger partial charge in [0.05, 0.1) is 0 Å². The summed E-state index contributed by atoms with van der Waals surface area (Å²) in [7, 11) is 0. The molecule has 2 N–H and O–H groups in total. The molecule has 62 valence electrons. The Morgan fingerprint density at radius 2 is 2.00 bits per heavy atom. The molecule has 0 radical (unpaired) electrons. The zero-order valence-electron chi connectivity index (χ0n) is 6.73. The fourth-order valence-electron chi connectivity index (χ4n) is 1.58. The van der Waals surface area contributed by atoms with E-state index in [0.29, 0.717) is 5.92 Å². The molecule has 0 saturated heterocycles. The Balaban J connectivity index is 2.11. The summed E-state index contributed by atoms with van der Waals surface area (Å²) in [5, 5.41) is 0. The molecule has 2 heteroatoms. The van der Waals surface area contributed by atoms with E-state index in [2.05, 4.69) is 0 Å². The summed E-state index contributed by atoms with van der Waals surface area (Å²) in [6.45, 7) is 0. The predicted molar refractivity (Wildman–Crippen MR) is 46.5 cm³/mol. The van der Waals surface area contributed by atoms with Crippen molar-refractivity contribution in [3.8, 4) is 0 Å². The largest absolute Gasteiger partial charge is 0.369 e. The Hall–Kier alpha value is -1.31. The van der Waals surface area contributed by atoms with Crippen molar-refractivity contribution in [3.05, 3.63) is 35.9 Å². The highest BCUT2D eigenvalue weighted by atomic mass is 16.1. The van der Waals surface area contributed by atoms with Crippen LogP contribution in [0.25, 0.3) is 0 Å². The van der Waals surface area contributed by atoms with Crippen LogP contribution in [0.3, 0.4) is 0 Å². The molecule has 2 rings (SSSR count). The maximum absolute atomic E-state index is 10.8. The topological polar surface area (TPSA) is 43.1 Å². The number of carbonyl (C=O) groups excluding carboxylic acids is 1. The molecule has 1 unspecified atom stereocenters. The van der Waals surface area contributed by atoms with Gasteiger partial charge in [0.1, 0.15) is 0 Å². The molecule has 0 bridgehead atoms. The van der Waals surface area contributed by atoms with E-state index in [4.69, 9.17) is 5.73 Å². The second-order valence-electron chi connectivity index (χ2n) is 3.26. The lowest BCUT2D eigenvalue weighted by molar-refractivity contribution is -0.119. The van der Waals surface area contributed by atoms with Gasteiger partial charge in [0.25, 0.3) is 0 Å². The fourth-order valence-corrected chi connectivity index (χ4v) is 1.58. The Morgan fingerprint density at radius 1 is 1.33 bits per heavy atom. The van der Waals surface area contributed by atoms with E-state index in [1.165, 1.54) is 5.56 Å². The lowest BCUT2D eigenvalue weighted by Gasteiger charge is -1.95. The lowest BCUT2D eigenvalue weighted by Crippen LogP contribution is -2.13. The molecule has 1 aromatic carbocycles. The maximum Gasteiger partial charge on any atom is 0.221 e. The smallest absolute Gasteiger partial charge is 0.221 e. The molecular weight excluding hydrogens is 150 g/mol. The van der Waals surface area contributed by atoms with E-state index in [0.717, 1.165) is 6.42 Å². The average Bonchev–Trinajstić information content (AvgIpc) is 2.84. The zero-order valence-corrected chi connectivity index (χ0v) is 6.73. The first-order valence-electron chi connectivity index (χ1n) is 4.13. The first kappa shape index (κ1) is 7.35. The second-order valence-corrected chi connectivity index (χ2v) is 3.26. The van der Waals surface area contributed by atoms with Crippen molar-refractivity contribution in [2.45, 2.75) is 12.3 Å². The van der Waals surface area contributed by atoms with Crippen LogP contribution >= 0.6 is 0 Å². The summed E-state index contributed by atoms with van der Waals surface area (Å²) in [5.74, 6) is 0.319. The van der Waals surface area contributed by atoms with Gasteiger partial charge in [-0.05, 0) is 17.9 Å². The van der Waals surface area contributed by atoms with Crippen LogP contribution in [0, 0.1) is 5.92 Å². The summed E-state index contributed by atoms with van der Waals surface area (Å²) >= 11 is 0. The Kier molecular flexibility index (Phi) is 1.61. The molecule has 1 aliphatic rings. The van der Waals surface area contributed by atoms with Crippen LogP contribution < -0.4 is 5.73 Å². The van der Waals surface area contributed by atoms with E-state index >= 15 is 0 Å². The molecule has 1 saturated carbocycles. The van der Waals surface area contributed by atoms with Crippen LogP contribution in [0.4, 0.5) is 0 Å². The fraction of sp³-hybridized carbons (Fsp3) is 0.300. The van der Waals surface area contributed by atoms with E-state index < -0.39 is 0 Å². The van der Waals surface area contributed by atoms with Crippen LogP contribution in [-0.2, 0) is 4.79 Å². The minimum Gasteiger partial charge on any atom is -0.369 e. The van der Waals surface area contributed by atoms with Gasteiger partial charge in [0, 0.05) is 5.92 Å². The predicted octanol–water partition coefficient (Wildman–Crippen LogP) is 1.28. The third-order valence-corrected chi connectivity index (χ3v) is 2.38. The number of nitrogens with two attached hydrogens (primary N) is 1. The monoisotopic (exact) mass is 161 g/mol. The van der Waals surface area contributed by atoms with Crippen LogP contribution in [-0.4, -0.2) is 5.91 Å². The Labute approximate surface area is 71.4 Å². The first-order valence-corrected chi connectivity index (χ1v) is 4.13. The van der Waals surface area contributed by atoms with Gasteiger partial charge in [0.15, 0.2) is 0 Å². The number of benzene rings is 1. The van der Waals surface area contributed by atoms with Gasteiger partial charge < -0.3 is 5.73 Å². The number of carbonyl (C=O) groups is 1. The zero-order chi connectivity index (χ0) is 8.55. The number of hydrogen-bond donors (Lipinski definition) is 1. The van der Waals surface area contributed by atoms with E-state index in [-0.39, 0.29) is 11.8 Å². The molecule has 2 nitrogen and oxygen atoms in total. The molecule has 1 amide bonds. The summed E-state index contributed by atoms with van der Waals surface area (Å²) in [6.07, 6.45) is 0.930. The first-order chi connectivity index (χ1) is 5.79. The number of primary amides is 1. The van der Waals surface area contributed by atoms with Gasteiger partial charge in [0.2, 0.25) is 5.91 Å². The summed E-state index contributed by atoms with van der Waals surface area (Å²) in [4.78, 5) is 10.8. The van der Waals surface area contributed by atoms with Gasteiger partial charge in [-0.2, -0.15) is 0 Å². The highest BCUT2D eigenvalue weighted by Crippen LogP contribution is 2.46. The minimum absolute atomic E-state index is 0.0902. The van der Waals surface area contributed by atoms with Crippen LogP contribution in [0.1, 0.15) is 17.9 Å². The normalized spacial score (nSPS) is 26.7. The standard InChI is InChI=1S/C10H11NO/c11-10(12)9-6-8(9)7-4-2-1-3-5-7/h1-5,8-9H,6H2,(H2,11,12)/t8-,9?/m0/s1. The average molecular weight is 161 g/mol. The van der Waals surface area contributed by atoms with Crippen LogP contribution in [0.2, 0.25) is 0 Å². The minimum atomic E-state index is -0.163. The van der Waals surface area contributed by atoms with Gasteiger partial charge in [-0.25, -0.2) is 0 Å². The molecule has 0 aliphatic heterocycles. The third kappa shape index (κ3) is 1.20. The second kappa shape index (κ2) is 2.63. The van der Waals surface area contributed by atoms with Crippen molar-refractivity contribution < 1.29 is 4.79 Å². The highest BCUT2D eigenvalue weighted by Gasteiger charge is 2.42. The van der Waals surface area contributed by atoms with Crippen molar-refractivity contribution in [2.75, 3.05) is 0 Å². The van der Waals surface area contributed by atoms with Crippen molar-refractivity contribution in [1.29, 1.82) is 0 Å². The third-order valence-electron chi connectivity index (χ3n) is 2.38. The van der Waals surface area contributed by atoms with E-state index in [1.807, 2.05) is 30.3 Å². The molecular formula is C10H11NO. The van der Waals surface area contributed by atoms with Gasteiger partial charge in [-0.15, -0.1) is 0 Å². The number of rotatable bonds is 2. The molecule has 2 atom stereocenters. The summed E-state index contributed by atoms with van der Waals surface area (Å²) in [5.41, 5.74) is 6.42. The van der Waals surface area contributed by atoms with Gasteiger partial charge in [-0.1, -0.05) is 30.3 Å². The van der Waals surface area contributed by atoms with Crippen LogP contribution in [0.15, 0.2) is 30.3 Å². The number of amides is 1. The van der Waals surface area contributed by atoms with E-state index in [9.17, 15) is 4.79 Å². The Bertz CT molecular complexity index is 294. The van der Waals surface area contributed by atoms with Crippen molar-refractivity contribution in [1.82, 2.24) is 0 Å². The highest BCUT2D eigenvalue weighted by molar-refractivity contribution is 5.81. The molecule has 1 aromatic rings. The molecule has 1 fully saturated rings. The number of hydrogen-bond acceptors (Lipinski definition) is 1. The quantitative estimate of drug-likeness (QED) is 0.697. The molecule has 0 aromatic heterocycles. The van der Waals surface area contributed by atoms with Crippen molar-refractivity contribution in [2.24, 2.45) is 11.7 Å². The SMILES string of the molecule is NC(=O)C1C[C@H]1c1ccccc1. The summed E-state index contributed by atoms with van der Waals surface area (Å²) in [6, 6.07) is 10.1. The van der Waals surface area contributed by atoms with Crippen molar-refractivity contribution in [3.63, 3.8) is 0 Å². The summed E-state index contributed by atoms with van der Waals surface area (Å²) < 4.78 is 0.